The molecule has 1 heterocycles. The summed E-state index contributed by atoms with van der Waals surface area (Å²) < 4.78 is 5.34. The van der Waals surface area contributed by atoms with Crippen molar-refractivity contribution in [2.45, 2.75) is 52.2 Å². The van der Waals surface area contributed by atoms with Gasteiger partial charge in [0.15, 0.2) is 0 Å². The van der Waals surface area contributed by atoms with E-state index in [0.29, 0.717) is 19.4 Å². The number of rotatable bonds is 3. The Hall–Kier alpha value is -1.50. The number of likely N-dealkylation sites (tertiary alicyclic amines) is 1. The maximum Gasteiger partial charge on any atom is 0.329 e. The maximum atomic E-state index is 12.0. The Morgan fingerprint density at radius 1 is 1.61 bits per heavy atom. The third kappa shape index (κ3) is 3.49. The standard InChI is InChI=1S/C14H21NO3/c1-6-10-8-12(16)15(9-10)11(7-2)13(17)18-14(3,4)5/h1,10-11H,7-9H2,2-5H3/t10?,11-/m1/s1. The lowest BCUT2D eigenvalue weighted by atomic mass is 10.1. The molecule has 18 heavy (non-hydrogen) atoms. The van der Waals surface area contributed by atoms with Gasteiger partial charge in [0, 0.05) is 18.9 Å². The third-order valence-corrected chi connectivity index (χ3v) is 2.84. The van der Waals surface area contributed by atoms with Crippen LogP contribution in [0.4, 0.5) is 0 Å². The van der Waals surface area contributed by atoms with Gasteiger partial charge in [0.05, 0.1) is 0 Å². The van der Waals surface area contributed by atoms with Gasteiger partial charge in [0.2, 0.25) is 5.91 Å². The lowest BCUT2D eigenvalue weighted by Gasteiger charge is -2.29. The summed E-state index contributed by atoms with van der Waals surface area (Å²) in [4.78, 5) is 25.4. The van der Waals surface area contributed by atoms with Crippen molar-refractivity contribution in [1.29, 1.82) is 0 Å². The van der Waals surface area contributed by atoms with Crippen molar-refractivity contribution in [3.8, 4) is 12.3 Å². The lowest BCUT2D eigenvalue weighted by molar-refractivity contribution is -0.163. The normalized spacial score (nSPS) is 21.6. The highest BCUT2D eigenvalue weighted by Gasteiger charge is 2.37. The van der Waals surface area contributed by atoms with Crippen LogP contribution in [0, 0.1) is 18.3 Å². The molecule has 100 valence electrons. The molecule has 1 aliphatic heterocycles. The molecule has 1 fully saturated rings. The Morgan fingerprint density at radius 2 is 2.22 bits per heavy atom. The highest BCUT2D eigenvalue weighted by molar-refractivity contribution is 5.86. The molecule has 0 radical (unpaired) electrons. The van der Waals surface area contributed by atoms with E-state index in [-0.39, 0.29) is 17.8 Å². The first-order valence-corrected chi connectivity index (χ1v) is 6.27. The number of ether oxygens (including phenoxy) is 1. The molecule has 0 bridgehead atoms. The molecule has 0 spiro atoms. The minimum atomic E-state index is -0.543. The van der Waals surface area contributed by atoms with E-state index in [1.54, 1.807) is 4.90 Å². The van der Waals surface area contributed by atoms with Gasteiger partial charge in [-0.25, -0.2) is 4.79 Å². The van der Waals surface area contributed by atoms with Crippen LogP contribution in [0.5, 0.6) is 0 Å². The molecule has 2 atom stereocenters. The third-order valence-electron chi connectivity index (χ3n) is 2.84. The summed E-state index contributed by atoms with van der Waals surface area (Å²) in [5.41, 5.74) is -0.543. The van der Waals surface area contributed by atoms with Crippen LogP contribution >= 0.6 is 0 Å². The quantitative estimate of drug-likeness (QED) is 0.565. The van der Waals surface area contributed by atoms with E-state index < -0.39 is 11.6 Å². The molecule has 1 rings (SSSR count). The second kappa shape index (κ2) is 5.43. The predicted octanol–water partition coefficient (Wildman–Crippen LogP) is 1.59. The van der Waals surface area contributed by atoms with Crippen LogP contribution in [0.2, 0.25) is 0 Å². The van der Waals surface area contributed by atoms with Gasteiger partial charge in [-0.1, -0.05) is 6.92 Å². The van der Waals surface area contributed by atoms with E-state index in [0.717, 1.165) is 0 Å². The van der Waals surface area contributed by atoms with Crippen LogP contribution < -0.4 is 0 Å². The van der Waals surface area contributed by atoms with Crippen molar-refractivity contribution < 1.29 is 14.3 Å². The maximum absolute atomic E-state index is 12.0. The zero-order chi connectivity index (χ0) is 13.9. The second-order valence-corrected chi connectivity index (χ2v) is 5.57. The van der Waals surface area contributed by atoms with Crippen LogP contribution in [0.25, 0.3) is 0 Å². The zero-order valence-electron chi connectivity index (χ0n) is 11.5. The molecule has 0 aromatic rings. The fourth-order valence-electron chi connectivity index (χ4n) is 2.03. The van der Waals surface area contributed by atoms with Crippen molar-refractivity contribution in [3.63, 3.8) is 0 Å². The molecule has 1 amide bonds. The topological polar surface area (TPSA) is 46.6 Å². The Balaban J connectivity index is 2.76. The zero-order valence-corrected chi connectivity index (χ0v) is 11.5. The molecule has 0 N–H and O–H groups in total. The number of esters is 1. The van der Waals surface area contributed by atoms with Crippen LogP contribution in [0.3, 0.4) is 0 Å². The summed E-state index contributed by atoms with van der Waals surface area (Å²) in [6.07, 6.45) is 6.20. The molecular weight excluding hydrogens is 230 g/mol. The van der Waals surface area contributed by atoms with Gasteiger partial charge in [0.25, 0.3) is 0 Å². The van der Waals surface area contributed by atoms with Gasteiger partial charge in [-0.3, -0.25) is 4.79 Å². The van der Waals surface area contributed by atoms with E-state index >= 15 is 0 Å². The van der Waals surface area contributed by atoms with E-state index in [9.17, 15) is 9.59 Å². The fraction of sp³-hybridized carbons (Fsp3) is 0.714. The number of hydrogen-bond donors (Lipinski definition) is 0. The van der Waals surface area contributed by atoms with E-state index in [1.165, 1.54) is 0 Å². The number of terminal acetylenes is 1. The number of carbonyl (C=O) groups is 2. The summed E-state index contributed by atoms with van der Waals surface area (Å²) in [6, 6.07) is -0.518. The molecule has 4 heteroatoms. The van der Waals surface area contributed by atoms with Crippen LogP contribution in [0.1, 0.15) is 40.5 Å². The lowest BCUT2D eigenvalue weighted by Crippen LogP contribution is -2.44. The van der Waals surface area contributed by atoms with E-state index in [4.69, 9.17) is 11.2 Å². The molecule has 4 nitrogen and oxygen atoms in total. The Morgan fingerprint density at radius 3 is 2.61 bits per heavy atom. The largest absolute Gasteiger partial charge is 0.458 e. The minimum Gasteiger partial charge on any atom is -0.458 e. The second-order valence-electron chi connectivity index (χ2n) is 5.57. The number of amides is 1. The van der Waals surface area contributed by atoms with Crippen molar-refractivity contribution in [2.24, 2.45) is 5.92 Å². The molecule has 1 saturated heterocycles. The average molecular weight is 251 g/mol. The number of hydrogen-bond acceptors (Lipinski definition) is 3. The van der Waals surface area contributed by atoms with Crippen molar-refractivity contribution in [3.05, 3.63) is 0 Å². The molecule has 0 aliphatic carbocycles. The molecule has 1 unspecified atom stereocenters. The highest BCUT2D eigenvalue weighted by atomic mass is 16.6. The van der Waals surface area contributed by atoms with Gasteiger partial charge in [-0.2, -0.15) is 0 Å². The fourth-order valence-corrected chi connectivity index (χ4v) is 2.03. The number of carbonyl (C=O) groups excluding carboxylic acids is 2. The van der Waals surface area contributed by atoms with Gasteiger partial charge >= 0.3 is 5.97 Å². The van der Waals surface area contributed by atoms with E-state index in [2.05, 4.69) is 5.92 Å². The Labute approximate surface area is 109 Å². The van der Waals surface area contributed by atoms with Crippen LogP contribution in [-0.2, 0) is 14.3 Å². The van der Waals surface area contributed by atoms with Gasteiger partial charge < -0.3 is 9.64 Å². The molecule has 0 aromatic heterocycles. The monoisotopic (exact) mass is 251 g/mol. The molecule has 0 aromatic carbocycles. The average Bonchev–Trinajstić information content (AvgIpc) is 2.59. The van der Waals surface area contributed by atoms with Gasteiger partial charge in [-0.05, 0) is 27.2 Å². The summed E-state index contributed by atoms with van der Waals surface area (Å²) >= 11 is 0. The summed E-state index contributed by atoms with van der Waals surface area (Å²) in [7, 11) is 0. The van der Waals surface area contributed by atoms with Gasteiger partial charge in [-0.15, -0.1) is 12.3 Å². The van der Waals surface area contributed by atoms with Crippen molar-refractivity contribution in [1.82, 2.24) is 4.90 Å². The smallest absolute Gasteiger partial charge is 0.329 e. The summed E-state index contributed by atoms with van der Waals surface area (Å²) in [6.45, 7) is 7.76. The molecule has 0 saturated carbocycles. The van der Waals surface area contributed by atoms with Gasteiger partial charge in [0.1, 0.15) is 11.6 Å². The highest BCUT2D eigenvalue weighted by Crippen LogP contribution is 2.22. The first-order chi connectivity index (χ1) is 8.28. The van der Waals surface area contributed by atoms with E-state index in [1.807, 2.05) is 27.7 Å². The summed E-state index contributed by atoms with van der Waals surface area (Å²) in [5.74, 6) is 2.08. The van der Waals surface area contributed by atoms with Crippen LogP contribution in [-0.4, -0.2) is 35.0 Å². The number of nitrogens with zero attached hydrogens (tertiary/aromatic N) is 1. The Kier molecular flexibility index (Phi) is 4.39. The Bertz CT molecular complexity index is 375. The first kappa shape index (κ1) is 14.6. The summed E-state index contributed by atoms with van der Waals surface area (Å²) in [5, 5.41) is 0. The molecule has 1 aliphatic rings. The minimum absolute atomic E-state index is 0.0596. The van der Waals surface area contributed by atoms with Crippen LogP contribution in [0.15, 0.2) is 0 Å². The first-order valence-electron chi connectivity index (χ1n) is 6.27. The SMILES string of the molecule is C#CC1CC(=O)N([C@H](CC)C(=O)OC(C)(C)C)C1. The predicted molar refractivity (Wildman–Crippen MR) is 68.6 cm³/mol. The molecular formula is C14H21NO3. The van der Waals surface area contributed by atoms with Crippen molar-refractivity contribution in [2.75, 3.05) is 6.54 Å². The van der Waals surface area contributed by atoms with Crippen molar-refractivity contribution >= 4 is 11.9 Å².